The van der Waals surface area contributed by atoms with E-state index in [9.17, 15) is 14.4 Å². The van der Waals surface area contributed by atoms with Crippen LogP contribution >= 0.6 is 0 Å². The summed E-state index contributed by atoms with van der Waals surface area (Å²) in [5, 5.41) is 0. The number of carbonyl (C=O) groups excluding carboxylic acids is 3. The number of allylic oxidation sites excluding steroid dienone is 2. The Morgan fingerprint density at radius 3 is 2.26 bits per heavy atom. The molecule has 2 atom stereocenters. The molecule has 0 radical (unpaired) electrons. The molecule has 2 aliphatic carbocycles. The first-order valence-corrected chi connectivity index (χ1v) is 7.49. The molecule has 5 nitrogen and oxygen atoms in total. The fourth-order valence-electron chi connectivity index (χ4n) is 3.86. The molecule has 0 aromatic heterocycles. The molecule has 3 rings (SSSR count). The second-order valence-electron chi connectivity index (χ2n) is 6.06. The van der Waals surface area contributed by atoms with E-state index in [1.54, 1.807) is 6.08 Å². The van der Waals surface area contributed by atoms with Crippen LogP contribution in [0.25, 0.3) is 0 Å². The van der Waals surface area contributed by atoms with Crippen molar-refractivity contribution in [2.45, 2.75) is 18.8 Å². The highest BCUT2D eigenvalue weighted by Gasteiger charge is 2.59. The van der Waals surface area contributed by atoms with Crippen LogP contribution in [0.4, 0.5) is 0 Å². The number of ether oxygens (including phenoxy) is 2. The zero-order valence-electron chi connectivity index (χ0n) is 13.1. The van der Waals surface area contributed by atoms with Gasteiger partial charge in [0.25, 0.3) is 0 Å². The summed E-state index contributed by atoms with van der Waals surface area (Å²) in [7, 11) is 2.52. The lowest BCUT2D eigenvalue weighted by Gasteiger charge is -2.24. The topological polar surface area (TPSA) is 69.7 Å². The number of hydrogen-bond acceptors (Lipinski definition) is 5. The highest BCUT2D eigenvalue weighted by Crippen LogP contribution is 2.55. The van der Waals surface area contributed by atoms with Gasteiger partial charge < -0.3 is 9.47 Å². The van der Waals surface area contributed by atoms with Crippen molar-refractivity contribution in [3.05, 3.63) is 47.5 Å². The van der Waals surface area contributed by atoms with Gasteiger partial charge in [-0.25, -0.2) is 0 Å². The van der Waals surface area contributed by atoms with Crippen LogP contribution < -0.4 is 0 Å². The van der Waals surface area contributed by atoms with Gasteiger partial charge in [-0.05, 0) is 30.4 Å². The average molecular weight is 314 g/mol. The second kappa shape index (κ2) is 5.65. The van der Waals surface area contributed by atoms with Crippen LogP contribution in [0.1, 0.15) is 24.3 Å². The maximum atomic E-state index is 12.4. The van der Waals surface area contributed by atoms with Crippen LogP contribution in [0.2, 0.25) is 0 Å². The molecule has 0 amide bonds. The predicted molar refractivity (Wildman–Crippen MR) is 81.5 cm³/mol. The molecule has 0 saturated heterocycles. The van der Waals surface area contributed by atoms with Gasteiger partial charge in [-0.3, -0.25) is 14.4 Å². The van der Waals surface area contributed by atoms with Crippen molar-refractivity contribution in [3.8, 4) is 0 Å². The first-order chi connectivity index (χ1) is 11.0. The van der Waals surface area contributed by atoms with Gasteiger partial charge in [-0.15, -0.1) is 0 Å². The number of fused-ring (bicyclic) bond motifs is 1. The van der Waals surface area contributed by atoms with Crippen molar-refractivity contribution in [2.75, 3.05) is 14.2 Å². The van der Waals surface area contributed by atoms with Gasteiger partial charge >= 0.3 is 11.9 Å². The highest BCUT2D eigenvalue weighted by atomic mass is 16.5. The Kier molecular flexibility index (Phi) is 3.80. The smallest absolute Gasteiger partial charge is 0.323 e. The summed E-state index contributed by atoms with van der Waals surface area (Å²) in [6.07, 6.45) is 2.01. The third-order valence-corrected chi connectivity index (χ3v) is 4.90. The zero-order valence-corrected chi connectivity index (χ0v) is 13.1. The minimum absolute atomic E-state index is 0.0273. The molecule has 1 fully saturated rings. The number of benzene rings is 1. The SMILES string of the molecule is COC(=O)C1(C(=O)OC)CC2=CC(=O)[C@H](c3ccccc3)[C@H]2C1. The first kappa shape index (κ1) is 15.5. The molecule has 1 saturated carbocycles. The Hall–Kier alpha value is -2.43. The van der Waals surface area contributed by atoms with Gasteiger partial charge in [0, 0.05) is 0 Å². The fraction of sp³-hybridized carbons (Fsp3) is 0.389. The molecule has 1 aromatic carbocycles. The minimum atomic E-state index is -1.34. The minimum Gasteiger partial charge on any atom is -0.468 e. The van der Waals surface area contributed by atoms with Crippen molar-refractivity contribution in [3.63, 3.8) is 0 Å². The third-order valence-electron chi connectivity index (χ3n) is 4.90. The molecule has 0 bridgehead atoms. The average Bonchev–Trinajstić information content (AvgIpc) is 3.08. The van der Waals surface area contributed by atoms with Crippen LogP contribution in [0, 0.1) is 11.3 Å². The second-order valence-corrected chi connectivity index (χ2v) is 6.06. The van der Waals surface area contributed by atoms with E-state index in [0.29, 0.717) is 0 Å². The number of ketones is 1. The maximum Gasteiger partial charge on any atom is 0.323 e. The van der Waals surface area contributed by atoms with Crippen LogP contribution in [-0.2, 0) is 23.9 Å². The molecule has 5 heteroatoms. The maximum absolute atomic E-state index is 12.4. The van der Waals surface area contributed by atoms with Gasteiger partial charge in [-0.2, -0.15) is 0 Å². The van der Waals surface area contributed by atoms with E-state index in [-0.39, 0.29) is 30.5 Å². The summed E-state index contributed by atoms with van der Waals surface area (Å²) in [5.41, 5.74) is 0.396. The largest absolute Gasteiger partial charge is 0.468 e. The molecule has 2 aliphatic rings. The molecule has 1 aromatic rings. The molecule has 0 aliphatic heterocycles. The van der Waals surface area contributed by atoms with E-state index in [1.807, 2.05) is 30.3 Å². The van der Waals surface area contributed by atoms with Gasteiger partial charge in [0.1, 0.15) is 0 Å². The van der Waals surface area contributed by atoms with E-state index in [4.69, 9.17) is 9.47 Å². The third kappa shape index (κ3) is 2.27. The molecular formula is C18H18O5. The summed E-state index contributed by atoms with van der Waals surface area (Å²) in [5.74, 6) is -1.68. The summed E-state index contributed by atoms with van der Waals surface area (Å²) >= 11 is 0. The number of carbonyl (C=O) groups is 3. The molecule has 0 heterocycles. The van der Waals surface area contributed by atoms with Crippen molar-refractivity contribution in [1.29, 1.82) is 0 Å². The Balaban J connectivity index is 1.99. The van der Waals surface area contributed by atoms with E-state index in [1.165, 1.54) is 14.2 Å². The first-order valence-electron chi connectivity index (χ1n) is 7.49. The Labute approximate surface area is 134 Å². The van der Waals surface area contributed by atoms with Gasteiger partial charge in [0.05, 0.1) is 20.1 Å². The van der Waals surface area contributed by atoms with Crippen molar-refractivity contribution < 1.29 is 23.9 Å². The van der Waals surface area contributed by atoms with Crippen LogP contribution in [-0.4, -0.2) is 31.9 Å². The van der Waals surface area contributed by atoms with E-state index < -0.39 is 17.4 Å². The Morgan fingerprint density at radius 1 is 1.09 bits per heavy atom. The van der Waals surface area contributed by atoms with Crippen LogP contribution in [0.15, 0.2) is 42.0 Å². The fourth-order valence-corrected chi connectivity index (χ4v) is 3.86. The molecular weight excluding hydrogens is 296 g/mol. The monoisotopic (exact) mass is 314 g/mol. The molecule has 23 heavy (non-hydrogen) atoms. The Bertz CT molecular complexity index is 673. The lowest BCUT2D eigenvalue weighted by Crippen LogP contribution is -2.39. The summed E-state index contributed by atoms with van der Waals surface area (Å²) in [4.78, 5) is 36.9. The van der Waals surface area contributed by atoms with Gasteiger partial charge in [0.2, 0.25) is 0 Å². The standard InChI is InChI=1S/C18H18O5/c1-22-16(20)18(17(21)23-2)9-12-8-14(19)15(13(12)10-18)11-6-4-3-5-7-11/h3-8,13,15H,9-10H2,1-2H3/t13-,15+/m0/s1. The van der Waals surface area contributed by atoms with E-state index in [0.717, 1.165) is 11.1 Å². The molecule has 0 unspecified atom stereocenters. The zero-order chi connectivity index (χ0) is 16.6. The lowest BCUT2D eigenvalue weighted by molar-refractivity contribution is -0.169. The van der Waals surface area contributed by atoms with Crippen LogP contribution in [0.3, 0.4) is 0 Å². The molecule has 0 N–H and O–H groups in total. The van der Waals surface area contributed by atoms with Crippen LogP contribution in [0.5, 0.6) is 0 Å². The number of hydrogen-bond donors (Lipinski definition) is 0. The molecule has 0 spiro atoms. The summed E-state index contributed by atoms with van der Waals surface area (Å²) < 4.78 is 9.68. The number of esters is 2. The van der Waals surface area contributed by atoms with Crippen molar-refractivity contribution >= 4 is 17.7 Å². The van der Waals surface area contributed by atoms with Gasteiger partial charge in [0.15, 0.2) is 11.2 Å². The lowest BCUT2D eigenvalue weighted by atomic mass is 9.80. The van der Waals surface area contributed by atoms with Gasteiger partial charge in [-0.1, -0.05) is 35.9 Å². The number of methoxy groups -OCH3 is 2. The predicted octanol–water partition coefficient (Wildman–Crippen LogP) is 2.02. The summed E-state index contributed by atoms with van der Waals surface area (Å²) in [6.45, 7) is 0. The normalized spacial score (nSPS) is 24.8. The molecule has 120 valence electrons. The summed E-state index contributed by atoms with van der Waals surface area (Å²) in [6, 6.07) is 9.44. The quantitative estimate of drug-likeness (QED) is 0.630. The van der Waals surface area contributed by atoms with Crippen molar-refractivity contribution in [2.24, 2.45) is 11.3 Å². The Morgan fingerprint density at radius 2 is 1.70 bits per heavy atom. The van der Waals surface area contributed by atoms with Crippen molar-refractivity contribution in [1.82, 2.24) is 0 Å². The van der Waals surface area contributed by atoms with E-state index >= 15 is 0 Å². The number of rotatable bonds is 3. The van der Waals surface area contributed by atoms with E-state index in [2.05, 4.69) is 0 Å². The highest BCUT2D eigenvalue weighted by molar-refractivity contribution is 6.04.